The lowest BCUT2D eigenvalue weighted by Gasteiger charge is -2.16. The van der Waals surface area contributed by atoms with Gasteiger partial charge in [-0.3, -0.25) is 4.79 Å². The van der Waals surface area contributed by atoms with E-state index in [1.54, 1.807) is 12.4 Å². The maximum atomic E-state index is 12.0. The topological polar surface area (TPSA) is 83.8 Å². The number of amides is 1. The van der Waals surface area contributed by atoms with Crippen molar-refractivity contribution in [3.8, 4) is 0 Å². The molecule has 2 atom stereocenters. The van der Waals surface area contributed by atoms with Crippen LogP contribution in [0.5, 0.6) is 0 Å². The maximum absolute atomic E-state index is 12.0. The first-order valence-electron chi connectivity index (χ1n) is 5.78. The van der Waals surface area contributed by atoms with Crippen molar-refractivity contribution in [1.82, 2.24) is 15.3 Å². The second-order valence-corrected chi connectivity index (χ2v) is 4.09. The second-order valence-electron chi connectivity index (χ2n) is 4.09. The molecule has 94 valence electrons. The van der Waals surface area contributed by atoms with E-state index in [1.807, 2.05) is 37.3 Å². The summed E-state index contributed by atoms with van der Waals surface area (Å²) in [5.74, 6) is 0.494. The number of nitrogens with one attached hydrogen (secondary N) is 2. The van der Waals surface area contributed by atoms with Crippen LogP contribution in [0.4, 0.5) is 0 Å². The van der Waals surface area contributed by atoms with Crippen molar-refractivity contribution in [2.24, 2.45) is 5.73 Å². The number of aromatic amines is 1. The fraction of sp³-hybridized carbons (Fsp3) is 0.231. The molecule has 1 unspecified atom stereocenters. The molecule has 0 saturated heterocycles. The van der Waals surface area contributed by atoms with E-state index in [4.69, 9.17) is 5.73 Å². The number of H-pyrrole nitrogens is 1. The Morgan fingerprint density at radius 2 is 2.11 bits per heavy atom. The van der Waals surface area contributed by atoms with E-state index in [0.717, 1.165) is 5.56 Å². The van der Waals surface area contributed by atoms with Gasteiger partial charge in [-0.1, -0.05) is 30.3 Å². The molecule has 2 aromatic rings. The largest absolute Gasteiger partial charge is 0.347 e. The summed E-state index contributed by atoms with van der Waals surface area (Å²) in [5, 5.41) is 2.82. The van der Waals surface area contributed by atoms with Crippen molar-refractivity contribution >= 4 is 5.91 Å². The van der Waals surface area contributed by atoms with Crippen LogP contribution >= 0.6 is 0 Å². The number of nitrogens with two attached hydrogens (primary N) is 1. The molecule has 2 rings (SSSR count). The molecule has 1 aromatic carbocycles. The number of nitrogens with zero attached hydrogens (tertiary/aromatic N) is 1. The Labute approximate surface area is 105 Å². The van der Waals surface area contributed by atoms with E-state index < -0.39 is 6.04 Å². The third-order valence-electron chi connectivity index (χ3n) is 2.73. The molecular weight excluding hydrogens is 228 g/mol. The zero-order chi connectivity index (χ0) is 13.0. The molecule has 1 heterocycles. The molecule has 0 radical (unpaired) electrons. The van der Waals surface area contributed by atoms with Gasteiger partial charge in [-0.05, 0) is 12.5 Å². The first-order valence-corrected chi connectivity index (χ1v) is 5.78. The van der Waals surface area contributed by atoms with E-state index >= 15 is 0 Å². The van der Waals surface area contributed by atoms with Crippen LogP contribution in [0.1, 0.15) is 30.4 Å². The highest BCUT2D eigenvalue weighted by molar-refractivity contribution is 5.83. The summed E-state index contributed by atoms with van der Waals surface area (Å²) in [6.45, 7) is 1.86. The Bertz CT molecular complexity index is 495. The number of carbonyl (C=O) groups is 1. The fourth-order valence-corrected chi connectivity index (χ4v) is 1.70. The van der Waals surface area contributed by atoms with Gasteiger partial charge in [-0.15, -0.1) is 0 Å². The Kier molecular flexibility index (Phi) is 3.74. The molecule has 5 heteroatoms. The Hall–Kier alpha value is -2.14. The molecule has 0 bridgehead atoms. The molecule has 1 aromatic heterocycles. The lowest BCUT2D eigenvalue weighted by Crippen LogP contribution is -2.36. The molecule has 0 aliphatic rings. The van der Waals surface area contributed by atoms with Crippen LogP contribution in [-0.2, 0) is 4.79 Å². The normalized spacial score (nSPS) is 13.9. The van der Waals surface area contributed by atoms with Crippen molar-refractivity contribution in [3.63, 3.8) is 0 Å². The van der Waals surface area contributed by atoms with Gasteiger partial charge >= 0.3 is 0 Å². The minimum Gasteiger partial charge on any atom is -0.347 e. The predicted molar refractivity (Wildman–Crippen MR) is 68.5 cm³/mol. The van der Waals surface area contributed by atoms with Crippen LogP contribution in [0.15, 0.2) is 42.7 Å². The lowest BCUT2D eigenvalue weighted by atomic mass is 10.1. The van der Waals surface area contributed by atoms with Crippen molar-refractivity contribution in [3.05, 3.63) is 54.1 Å². The van der Waals surface area contributed by atoms with E-state index in [2.05, 4.69) is 15.3 Å². The van der Waals surface area contributed by atoms with Gasteiger partial charge in [-0.25, -0.2) is 4.98 Å². The molecule has 0 aliphatic heterocycles. The quantitative estimate of drug-likeness (QED) is 0.757. The predicted octanol–water partition coefficient (Wildman–Crippen LogP) is 1.29. The van der Waals surface area contributed by atoms with Crippen LogP contribution in [0.25, 0.3) is 0 Å². The standard InChI is InChI=1S/C13H16N4O/c1-9(12-15-7-8-16-12)17-13(18)11(14)10-5-3-2-4-6-10/h2-9,11H,14H2,1H3,(H,15,16)(H,17,18)/t9?,11-/m0/s1. The summed E-state index contributed by atoms with van der Waals surface area (Å²) in [4.78, 5) is 19.0. The number of hydrogen-bond donors (Lipinski definition) is 3. The number of hydrogen-bond acceptors (Lipinski definition) is 3. The average molecular weight is 244 g/mol. The number of carbonyl (C=O) groups excluding carboxylic acids is 1. The maximum Gasteiger partial charge on any atom is 0.242 e. The number of benzene rings is 1. The fourth-order valence-electron chi connectivity index (χ4n) is 1.70. The van der Waals surface area contributed by atoms with Gasteiger partial charge in [0.15, 0.2) is 0 Å². The molecule has 4 N–H and O–H groups in total. The second kappa shape index (κ2) is 5.46. The van der Waals surface area contributed by atoms with Crippen LogP contribution in [0, 0.1) is 0 Å². The molecule has 0 fully saturated rings. The summed E-state index contributed by atoms with van der Waals surface area (Å²) in [7, 11) is 0. The van der Waals surface area contributed by atoms with E-state index in [9.17, 15) is 4.79 Å². The highest BCUT2D eigenvalue weighted by Gasteiger charge is 2.18. The third kappa shape index (κ3) is 2.75. The first-order chi connectivity index (χ1) is 8.68. The SMILES string of the molecule is CC(NC(=O)[C@@H](N)c1ccccc1)c1ncc[nH]1. The van der Waals surface area contributed by atoms with E-state index in [1.165, 1.54) is 0 Å². The number of aromatic nitrogens is 2. The van der Waals surface area contributed by atoms with Gasteiger partial charge < -0.3 is 16.0 Å². The Morgan fingerprint density at radius 1 is 1.39 bits per heavy atom. The monoisotopic (exact) mass is 244 g/mol. The van der Waals surface area contributed by atoms with Crippen molar-refractivity contribution in [2.75, 3.05) is 0 Å². The number of rotatable bonds is 4. The smallest absolute Gasteiger partial charge is 0.242 e. The molecule has 1 amide bonds. The van der Waals surface area contributed by atoms with Crippen molar-refractivity contribution in [2.45, 2.75) is 19.0 Å². The van der Waals surface area contributed by atoms with Crippen molar-refractivity contribution < 1.29 is 4.79 Å². The Balaban J connectivity index is 2.00. The van der Waals surface area contributed by atoms with E-state index in [0.29, 0.717) is 5.82 Å². The minimum atomic E-state index is -0.663. The lowest BCUT2D eigenvalue weighted by molar-refractivity contribution is -0.123. The Morgan fingerprint density at radius 3 is 2.72 bits per heavy atom. The number of imidazole rings is 1. The van der Waals surface area contributed by atoms with Crippen LogP contribution in [-0.4, -0.2) is 15.9 Å². The van der Waals surface area contributed by atoms with Gasteiger partial charge in [0.25, 0.3) is 0 Å². The van der Waals surface area contributed by atoms with E-state index in [-0.39, 0.29) is 11.9 Å². The van der Waals surface area contributed by atoms with Crippen molar-refractivity contribution in [1.29, 1.82) is 0 Å². The molecule has 5 nitrogen and oxygen atoms in total. The van der Waals surface area contributed by atoms with Gasteiger partial charge in [0.05, 0.1) is 6.04 Å². The first kappa shape index (κ1) is 12.3. The molecule has 0 spiro atoms. The summed E-state index contributed by atoms with van der Waals surface area (Å²) in [6.07, 6.45) is 3.37. The summed E-state index contributed by atoms with van der Waals surface area (Å²) in [5.41, 5.74) is 6.69. The van der Waals surface area contributed by atoms with Crippen LogP contribution < -0.4 is 11.1 Å². The van der Waals surface area contributed by atoms with Gasteiger partial charge in [-0.2, -0.15) is 0 Å². The highest BCUT2D eigenvalue weighted by atomic mass is 16.2. The minimum absolute atomic E-state index is 0.192. The zero-order valence-electron chi connectivity index (χ0n) is 10.1. The van der Waals surface area contributed by atoms with Gasteiger partial charge in [0.2, 0.25) is 5.91 Å². The molecular formula is C13H16N4O. The van der Waals surface area contributed by atoms with Crippen LogP contribution in [0.2, 0.25) is 0 Å². The summed E-state index contributed by atoms with van der Waals surface area (Å²) < 4.78 is 0. The van der Waals surface area contributed by atoms with Gasteiger partial charge in [0.1, 0.15) is 11.9 Å². The summed E-state index contributed by atoms with van der Waals surface area (Å²) >= 11 is 0. The molecule has 0 saturated carbocycles. The third-order valence-corrected chi connectivity index (χ3v) is 2.73. The molecule has 0 aliphatic carbocycles. The van der Waals surface area contributed by atoms with Gasteiger partial charge in [0, 0.05) is 12.4 Å². The average Bonchev–Trinajstić information content (AvgIpc) is 2.92. The molecule has 18 heavy (non-hydrogen) atoms. The van der Waals surface area contributed by atoms with Crippen LogP contribution in [0.3, 0.4) is 0 Å². The summed E-state index contributed by atoms with van der Waals surface area (Å²) in [6, 6.07) is 8.42. The zero-order valence-corrected chi connectivity index (χ0v) is 10.1. The highest BCUT2D eigenvalue weighted by Crippen LogP contribution is 2.12.